The number of carbonyl (C=O) groups is 2. The number of imide groups is 1. The van der Waals surface area contributed by atoms with Crippen LogP contribution in [0, 0.1) is 0 Å². The maximum Gasteiger partial charge on any atom is 0.278 e. The minimum absolute atomic E-state index is 0.115. The van der Waals surface area contributed by atoms with Crippen LogP contribution < -0.4 is 4.74 Å². The van der Waals surface area contributed by atoms with Crippen molar-refractivity contribution in [3.05, 3.63) is 70.4 Å². The lowest BCUT2D eigenvalue weighted by molar-refractivity contribution is -0.138. The highest BCUT2D eigenvalue weighted by Crippen LogP contribution is 2.37. The van der Waals surface area contributed by atoms with Crippen molar-refractivity contribution in [3.8, 4) is 5.75 Å². The summed E-state index contributed by atoms with van der Waals surface area (Å²) in [7, 11) is 1.55. The summed E-state index contributed by atoms with van der Waals surface area (Å²) in [6.45, 7) is 2.23. The zero-order valence-electron chi connectivity index (χ0n) is 16.1. The molecular weight excluding hydrogens is 392 g/mol. The molecule has 6 nitrogen and oxygen atoms in total. The van der Waals surface area contributed by atoms with Crippen molar-refractivity contribution < 1.29 is 19.1 Å². The predicted octanol–water partition coefficient (Wildman–Crippen LogP) is 2.96. The standard InChI is InChI=1S/C22H21ClN2O4/c1-28-18-9-5-3-7-16(18)19-20(24-10-12-29-13-11-24)22(27)25(21(19)26)14-15-6-2-4-8-17(15)23/h2-9H,10-14H2,1H3. The van der Waals surface area contributed by atoms with Crippen LogP contribution in [-0.2, 0) is 20.9 Å². The van der Waals surface area contributed by atoms with Crippen LogP contribution >= 0.6 is 11.6 Å². The first-order valence-corrected chi connectivity index (χ1v) is 9.79. The Morgan fingerprint density at radius 3 is 2.41 bits per heavy atom. The number of amides is 2. The number of nitrogens with zero attached hydrogens (tertiary/aromatic N) is 2. The fraction of sp³-hybridized carbons (Fsp3) is 0.273. The van der Waals surface area contributed by atoms with Crippen LogP contribution in [0.25, 0.3) is 5.57 Å². The van der Waals surface area contributed by atoms with Crippen molar-refractivity contribution in [2.45, 2.75) is 6.54 Å². The topological polar surface area (TPSA) is 59.1 Å². The van der Waals surface area contributed by atoms with Crippen molar-refractivity contribution in [1.29, 1.82) is 0 Å². The second kappa shape index (κ2) is 8.27. The maximum atomic E-state index is 13.4. The zero-order chi connectivity index (χ0) is 20.4. The van der Waals surface area contributed by atoms with Crippen LogP contribution in [0.3, 0.4) is 0 Å². The molecule has 1 fully saturated rings. The molecule has 2 heterocycles. The highest BCUT2D eigenvalue weighted by atomic mass is 35.5. The summed E-state index contributed by atoms with van der Waals surface area (Å²) in [5, 5.41) is 0.520. The van der Waals surface area contributed by atoms with E-state index in [2.05, 4.69) is 0 Å². The molecule has 0 bridgehead atoms. The van der Waals surface area contributed by atoms with E-state index in [1.54, 1.807) is 25.3 Å². The van der Waals surface area contributed by atoms with E-state index < -0.39 is 0 Å². The number of methoxy groups -OCH3 is 1. The Kier molecular flexibility index (Phi) is 5.56. The van der Waals surface area contributed by atoms with E-state index in [4.69, 9.17) is 21.1 Å². The summed E-state index contributed by atoms with van der Waals surface area (Å²) in [5.74, 6) is -0.118. The fourth-order valence-electron chi connectivity index (χ4n) is 3.68. The van der Waals surface area contributed by atoms with Crippen LogP contribution in [-0.4, -0.2) is 55.0 Å². The van der Waals surface area contributed by atoms with Crippen LogP contribution in [0.1, 0.15) is 11.1 Å². The quantitative estimate of drug-likeness (QED) is 0.707. The van der Waals surface area contributed by atoms with Gasteiger partial charge in [-0.15, -0.1) is 0 Å². The number of hydrogen-bond donors (Lipinski definition) is 0. The minimum Gasteiger partial charge on any atom is -0.496 e. The van der Waals surface area contributed by atoms with Gasteiger partial charge < -0.3 is 14.4 Å². The van der Waals surface area contributed by atoms with E-state index in [0.717, 1.165) is 5.56 Å². The number of para-hydroxylation sites is 1. The molecule has 7 heteroatoms. The second-order valence-electron chi connectivity index (χ2n) is 6.81. The van der Waals surface area contributed by atoms with Gasteiger partial charge in [-0.3, -0.25) is 14.5 Å². The van der Waals surface area contributed by atoms with Crippen molar-refractivity contribution >= 4 is 29.0 Å². The molecule has 2 aliphatic heterocycles. The molecule has 2 aliphatic rings. The molecule has 2 aromatic carbocycles. The predicted molar refractivity (Wildman–Crippen MR) is 109 cm³/mol. The first-order valence-electron chi connectivity index (χ1n) is 9.41. The molecule has 150 valence electrons. The monoisotopic (exact) mass is 412 g/mol. The third-order valence-electron chi connectivity index (χ3n) is 5.13. The molecular formula is C22H21ClN2O4. The van der Waals surface area contributed by atoms with Crippen LogP contribution in [0.4, 0.5) is 0 Å². The molecule has 2 amide bonds. The molecule has 0 aliphatic carbocycles. The van der Waals surface area contributed by atoms with Gasteiger partial charge in [-0.05, 0) is 17.7 Å². The van der Waals surface area contributed by atoms with Gasteiger partial charge in [-0.25, -0.2) is 0 Å². The van der Waals surface area contributed by atoms with E-state index in [0.29, 0.717) is 53.9 Å². The average Bonchev–Trinajstić information content (AvgIpc) is 3.00. The van der Waals surface area contributed by atoms with E-state index in [-0.39, 0.29) is 18.4 Å². The lowest BCUT2D eigenvalue weighted by Crippen LogP contribution is -2.40. The Hall–Kier alpha value is -2.83. The fourth-order valence-corrected chi connectivity index (χ4v) is 3.87. The minimum atomic E-state index is -0.346. The number of morpholine rings is 1. The van der Waals surface area contributed by atoms with Crippen LogP contribution in [0.2, 0.25) is 5.02 Å². The highest BCUT2D eigenvalue weighted by Gasteiger charge is 2.42. The molecule has 0 aromatic heterocycles. The molecule has 29 heavy (non-hydrogen) atoms. The molecule has 0 saturated carbocycles. The number of halogens is 1. The summed E-state index contributed by atoms with van der Waals surface area (Å²) in [5.41, 5.74) is 2.09. The summed E-state index contributed by atoms with van der Waals surface area (Å²) in [6, 6.07) is 14.5. The molecule has 0 spiro atoms. The van der Waals surface area contributed by atoms with Gasteiger partial charge in [0.15, 0.2) is 0 Å². The molecule has 0 atom stereocenters. The SMILES string of the molecule is COc1ccccc1C1=C(N2CCOCC2)C(=O)N(Cc2ccccc2Cl)C1=O. The van der Waals surface area contributed by atoms with Gasteiger partial charge in [-0.2, -0.15) is 0 Å². The largest absolute Gasteiger partial charge is 0.496 e. The number of rotatable bonds is 5. The van der Waals surface area contributed by atoms with Gasteiger partial charge >= 0.3 is 0 Å². The smallest absolute Gasteiger partial charge is 0.278 e. The van der Waals surface area contributed by atoms with Crippen molar-refractivity contribution in [3.63, 3.8) is 0 Å². The van der Waals surface area contributed by atoms with Gasteiger partial charge in [0.05, 0.1) is 32.4 Å². The number of carbonyl (C=O) groups excluding carboxylic acids is 2. The summed E-state index contributed by atoms with van der Waals surface area (Å²) in [6.07, 6.45) is 0. The van der Waals surface area contributed by atoms with Gasteiger partial charge in [-0.1, -0.05) is 48.0 Å². The van der Waals surface area contributed by atoms with Crippen molar-refractivity contribution in [2.75, 3.05) is 33.4 Å². The molecule has 0 unspecified atom stereocenters. The summed E-state index contributed by atoms with van der Waals surface area (Å²) >= 11 is 6.27. The first-order chi connectivity index (χ1) is 14.1. The summed E-state index contributed by atoms with van der Waals surface area (Å²) in [4.78, 5) is 30.0. The van der Waals surface area contributed by atoms with E-state index in [9.17, 15) is 9.59 Å². The number of benzene rings is 2. The van der Waals surface area contributed by atoms with Gasteiger partial charge in [0.1, 0.15) is 11.4 Å². The molecule has 4 rings (SSSR count). The van der Waals surface area contributed by atoms with Crippen LogP contribution in [0.5, 0.6) is 5.75 Å². The second-order valence-corrected chi connectivity index (χ2v) is 7.22. The normalized spacial score (nSPS) is 17.3. The lowest BCUT2D eigenvalue weighted by Gasteiger charge is -2.29. The van der Waals surface area contributed by atoms with Gasteiger partial charge in [0, 0.05) is 23.7 Å². The maximum absolute atomic E-state index is 13.4. The van der Waals surface area contributed by atoms with Crippen LogP contribution in [0.15, 0.2) is 54.2 Å². The van der Waals surface area contributed by atoms with Crippen molar-refractivity contribution in [2.24, 2.45) is 0 Å². The Morgan fingerprint density at radius 2 is 1.69 bits per heavy atom. The molecule has 1 saturated heterocycles. The first kappa shape index (κ1) is 19.5. The average molecular weight is 413 g/mol. The van der Waals surface area contributed by atoms with Gasteiger partial charge in [0.2, 0.25) is 0 Å². The Morgan fingerprint density at radius 1 is 1.00 bits per heavy atom. The molecule has 2 aromatic rings. The number of hydrogen-bond acceptors (Lipinski definition) is 5. The Bertz CT molecular complexity index is 982. The third-order valence-corrected chi connectivity index (χ3v) is 5.50. The summed E-state index contributed by atoms with van der Waals surface area (Å²) < 4.78 is 10.9. The van der Waals surface area contributed by atoms with E-state index in [1.165, 1.54) is 4.90 Å². The Balaban J connectivity index is 1.79. The molecule has 0 N–H and O–H groups in total. The van der Waals surface area contributed by atoms with E-state index in [1.807, 2.05) is 35.2 Å². The highest BCUT2D eigenvalue weighted by molar-refractivity contribution is 6.36. The van der Waals surface area contributed by atoms with E-state index >= 15 is 0 Å². The van der Waals surface area contributed by atoms with Gasteiger partial charge in [0.25, 0.3) is 11.8 Å². The third kappa shape index (κ3) is 3.61. The Labute approximate surface area is 174 Å². The molecule has 0 radical (unpaired) electrons. The lowest BCUT2D eigenvalue weighted by atomic mass is 10.0. The zero-order valence-corrected chi connectivity index (χ0v) is 16.8. The number of ether oxygens (including phenoxy) is 2. The van der Waals surface area contributed by atoms with Crippen molar-refractivity contribution in [1.82, 2.24) is 9.80 Å².